The quantitative estimate of drug-likeness (QED) is 0.849. The zero-order valence-electron chi connectivity index (χ0n) is 12.5. The fourth-order valence-electron chi connectivity index (χ4n) is 2.28. The van der Waals surface area contributed by atoms with E-state index >= 15 is 0 Å². The first-order valence-corrected chi connectivity index (χ1v) is 6.98. The summed E-state index contributed by atoms with van der Waals surface area (Å²) in [5.74, 6) is -2.78. The van der Waals surface area contributed by atoms with E-state index in [1.54, 1.807) is 0 Å². The van der Waals surface area contributed by atoms with Crippen LogP contribution in [0, 0.1) is 18.6 Å². The first-order chi connectivity index (χ1) is 11.4. The van der Waals surface area contributed by atoms with Gasteiger partial charge in [0.1, 0.15) is 23.1 Å². The number of carbonyl (C=O) groups is 2. The van der Waals surface area contributed by atoms with E-state index in [1.807, 2.05) is 0 Å². The molecular weight excluding hydrogens is 318 g/mol. The molecule has 0 aliphatic carbocycles. The number of imide groups is 1. The van der Waals surface area contributed by atoms with Crippen molar-refractivity contribution in [3.63, 3.8) is 0 Å². The van der Waals surface area contributed by atoms with Crippen LogP contribution in [0.1, 0.15) is 5.56 Å². The first kappa shape index (κ1) is 15.7. The van der Waals surface area contributed by atoms with Gasteiger partial charge in [-0.15, -0.1) is 0 Å². The molecule has 0 radical (unpaired) electrons. The third-order valence-corrected chi connectivity index (χ3v) is 3.59. The second-order valence-electron chi connectivity index (χ2n) is 5.24. The van der Waals surface area contributed by atoms with Crippen LogP contribution in [0.3, 0.4) is 0 Å². The molecule has 0 atom stereocenters. The maximum Gasteiger partial charge on any atom is 0.281 e. The number of anilines is 2. The monoisotopic (exact) mass is 330 g/mol. The number of amides is 2. The van der Waals surface area contributed by atoms with E-state index < -0.39 is 23.4 Å². The molecule has 0 spiro atoms. The highest BCUT2D eigenvalue weighted by atomic mass is 19.1. The lowest BCUT2D eigenvalue weighted by Crippen LogP contribution is -2.31. The summed E-state index contributed by atoms with van der Waals surface area (Å²) >= 11 is 0. The summed E-state index contributed by atoms with van der Waals surface area (Å²) in [7, 11) is 0. The summed E-state index contributed by atoms with van der Waals surface area (Å²) in [5.41, 5.74) is 0.0671. The van der Waals surface area contributed by atoms with Crippen molar-refractivity contribution < 1.29 is 23.5 Å². The molecular formula is C17H12F2N2O3. The van der Waals surface area contributed by atoms with Crippen LogP contribution in [0.4, 0.5) is 20.2 Å². The Balaban J connectivity index is 1.86. The van der Waals surface area contributed by atoms with Gasteiger partial charge in [-0.05, 0) is 43.3 Å². The second-order valence-corrected chi connectivity index (χ2v) is 5.24. The number of phenolic OH excluding ortho intramolecular Hbond substituents is 1. The van der Waals surface area contributed by atoms with Crippen LogP contribution in [-0.4, -0.2) is 16.9 Å². The third-order valence-electron chi connectivity index (χ3n) is 3.59. The fraction of sp³-hybridized carbons (Fsp3) is 0.0588. The Bertz CT molecular complexity index is 853. The topological polar surface area (TPSA) is 69.6 Å². The Morgan fingerprint density at radius 1 is 1.04 bits per heavy atom. The van der Waals surface area contributed by atoms with Crippen LogP contribution in [0.15, 0.2) is 48.2 Å². The minimum atomic E-state index is -0.759. The highest BCUT2D eigenvalue weighted by molar-refractivity contribution is 6.31. The molecule has 1 aliphatic rings. The lowest BCUT2D eigenvalue weighted by Gasteiger charge is -2.15. The van der Waals surface area contributed by atoms with E-state index in [0.717, 1.165) is 23.1 Å². The zero-order chi connectivity index (χ0) is 17.4. The summed E-state index contributed by atoms with van der Waals surface area (Å²) in [6.07, 6.45) is 1.05. The maximum atomic E-state index is 13.6. The summed E-state index contributed by atoms with van der Waals surface area (Å²) in [5, 5.41) is 11.8. The Morgan fingerprint density at radius 2 is 1.62 bits per heavy atom. The van der Waals surface area contributed by atoms with Gasteiger partial charge in [0.05, 0.1) is 5.69 Å². The normalized spacial score (nSPS) is 14.1. The molecule has 24 heavy (non-hydrogen) atoms. The number of halogens is 2. The molecule has 0 aromatic heterocycles. The molecule has 3 rings (SSSR count). The number of benzene rings is 2. The molecule has 1 heterocycles. The fourth-order valence-corrected chi connectivity index (χ4v) is 2.28. The van der Waals surface area contributed by atoms with E-state index in [4.69, 9.17) is 0 Å². The van der Waals surface area contributed by atoms with Crippen molar-refractivity contribution in [2.45, 2.75) is 6.92 Å². The van der Waals surface area contributed by atoms with Gasteiger partial charge in [-0.25, -0.2) is 13.7 Å². The van der Waals surface area contributed by atoms with Crippen LogP contribution >= 0.6 is 0 Å². The van der Waals surface area contributed by atoms with Crippen molar-refractivity contribution in [2.75, 3.05) is 10.2 Å². The maximum absolute atomic E-state index is 13.6. The molecule has 2 amide bonds. The van der Waals surface area contributed by atoms with Gasteiger partial charge in [0, 0.05) is 17.3 Å². The molecule has 2 aromatic rings. The lowest BCUT2D eigenvalue weighted by molar-refractivity contribution is -0.120. The van der Waals surface area contributed by atoms with Crippen molar-refractivity contribution in [3.05, 3.63) is 65.4 Å². The molecule has 1 aliphatic heterocycles. The average Bonchev–Trinajstić information content (AvgIpc) is 2.80. The highest BCUT2D eigenvalue weighted by Gasteiger charge is 2.32. The molecule has 122 valence electrons. The standard InChI is InChI=1S/C17H12F2N2O3/c1-9-13(18)6-10(7-14(9)19)20-15-8-16(23)21(17(15)24)11-2-4-12(22)5-3-11/h2-8,20,22H,1H3. The minimum Gasteiger partial charge on any atom is -0.508 e. The molecule has 0 bridgehead atoms. The van der Waals surface area contributed by atoms with Crippen LogP contribution < -0.4 is 10.2 Å². The van der Waals surface area contributed by atoms with Gasteiger partial charge >= 0.3 is 0 Å². The summed E-state index contributed by atoms with van der Waals surface area (Å²) < 4.78 is 27.2. The van der Waals surface area contributed by atoms with Crippen LogP contribution in [0.2, 0.25) is 0 Å². The van der Waals surface area contributed by atoms with E-state index in [-0.39, 0.29) is 28.4 Å². The summed E-state index contributed by atoms with van der Waals surface area (Å²) in [6, 6.07) is 7.58. The van der Waals surface area contributed by atoms with Crippen LogP contribution in [0.25, 0.3) is 0 Å². The third kappa shape index (κ3) is 2.71. The SMILES string of the molecule is Cc1c(F)cc(NC2=CC(=O)N(c3ccc(O)cc3)C2=O)cc1F. The molecule has 2 aromatic carbocycles. The Kier molecular flexibility index (Phi) is 3.76. The minimum absolute atomic E-state index is 0.00485. The predicted molar refractivity (Wildman–Crippen MR) is 83.4 cm³/mol. The van der Waals surface area contributed by atoms with E-state index in [0.29, 0.717) is 0 Å². The van der Waals surface area contributed by atoms with E-state index in [9.17, 15) is 23.5 Å². The molecule has 7 heteroatoms. The van der Waals surface area contributed by atoms with Crippen LogP contribution in [-0.2, 0) is 9.59 Å². The molecule has 0 fully saturated rings. The Hall–Kier alpha value is -3.22. The second kappa shape index (κ2) is 5.77. The summed E-state index contributed by atoms with van der Waals surface area (Å²) in [6.45, 7) is 1.30. The number of hydrogen-bond acceptors (Lipinski definition) is 4. The smallest absolute Gasteiger partial charge is 0.281 e. The van der Waals surface area contributed by atoms with Gasteiger partial charge in [0.15, 0.2) is 0 Å². The number of phenols is 1. The summed E-state index contributed by atoms with van der Waals surface area (Å²) in [4.78, 5) is 25.3. The molecule has 2 N–H and O–H groups in total. The van der Waals surface area contributed by atoms with Gasteiger partial charge in [-0.2, -0.15) is 0 Å². The average molecular weight is 330 g/mol. The lowest BCUT2D eigenvalue weighted by atomic mass is 10.2. The van der Waals surface area contributed by atoms with Crippen LogP contribution in [0.5, 0.6) is 5.75 Å². The van der Waals surface area contributed by atoms with Crippen molar-refractivity contribution in [3.8, 4) is 5.75 Å². The molecule has 0 unspecified atom stereocenters. The van der Waals surface area contributed by atoms with Crippen molar-refractivity contribution in [2.24, 2.45) is 0 Å². The zero-order valence-corrected chi connectivity index (χ0v) is 12.5. The Labute approximate surface area is 135 Å². The highest BCUT2D eigenvalue weighted by Crippen LogP contribution is 2.26. The number of carbonyl (C=O) groups excluding carboxylic acids is 2. The first-order valence-electron chi connectivity index (χ1n) is 6.98. The largest absolute Gasteiger partial charge is 0.508 e. The molecule has 5 nitrogen and oxygen atoms in total. The van der Waals surface area contributed by atoms with E-state index in [2.05, 4.69) is 5.32 Å². The van der Waals surface area contributed by atoms with Crippen molar-refractivity contribution in [1.29, 1.82) is 0 Å². The number of rotatable bonds is 3. The number of nitrogens with one attached hydrogen (secondary N) is 1. The number of aromatic hydroxyl groups is 1. The number of nitrogens with zero attached hydrogens (tertiary/aromatic N) is 1. The van der Waals surface area contributed by atoms with Gasteiger partial charge in [0.2, 0.25) is 0 Å². The van der Waals surface area contributed by atoms with Gasteiger partial charge in [-0.1, -0.05) is 0 Å². The van der Waals surface area contributed by atoms with Gasteiger partial charge in [-0.3, -0.25) is 9.59 Å². The van der Waals surface area contributed by atoms with Gasteiger partial charge < -0.3 is 10.4 Å². The molecule has 0 saturated carbocycles. The predicted octanol–water partition coefficient (Wildman–Crippen LogP) is 2.85. The number of hydrogen-bond donors (Lipinski definition) is 2. The Morgan fingerprint density at radius 3 is 2.21 bits per heavy atom. The van der Waals surface area contributed by atoms with Crippen molar-refractivity contribution >= 4 is 23.2 Å². The van der Waals surface area contributed by atoms with Crippen molar-refractivity contribution in [1.82, 2.24) is 0 Å². The van der Waals surface area contributed by atoms with E-state index in [1.165, 1.54) is 31.2 Å². The van der Waals surface area contributed by atoms with Gasteiger partial charge in [0.25, 0.3) is 11.8 Å². The molecule has 0 saturated heterocycles.